The van der Waals surface area contributed by atoms with Crippen LogP contribution in [0.4, 0.5) is 8.78 Å². The number of nitriles is 1. The lowest BCUT2D eigenvalue weighted by Crippen LogP contribution is -2.13. The molecule has 0 bridgehead atoms. The number of hydrogen-bond donors (Lipinski definition) is 0. The Morgan fingerprint density at radius 1 is 1.36 bits per heavy atom. The third-order valence-electron chi connectivity index (χ3n) is 1.97. The molecule has 0 saturated carbocycles. The largest absolute Gasteiger partial charge is 0.204 e. The smallest absolute Gasteiger partial charge is 0.162 e. The van der Waals surface area contributed by atoms with Crippen LogP contribution in [0.3, 0.4) is 0 Å². The molecule has 0 aliphatic heterocycles. The van der Waals surface area contributed by atoms with Crippen molar-refractivity contribution in [2.24, 2.45) is 5.41 Å². The van der Waals surface area contributed by atoms with Crippen molar-refractivity contribution in [2.75, 3.05) is 0 Å². The summed E-state index contributed by atoms with van der Waals surface area (Å²) >= 11 is 0. The summed E-state index contributed by atoms with van der Waals surface area (Å²) < 4.78 is 26.0. The first-order valence-electron chi connectivity index (χ1n) is 4.30. The number of benzene rings is 1. The predicted molar refractivity (Wildman–Crippen MR) is 49.5 cm³/mol. The Morgan fingerprint density at radius 2 is 2.00 bits per heavy atom. The van der Waals surface area contributed by atoms with Crippen LogP contribution in [0, 0.1) is 28.4 Å². The minimum atomic E-state index is -0.865. The summed E-state index contributed by atoms with van der Waals surface area (Å²) in [4.78, 5) is 0. The summed E-state index contributed by atoms with van der Waals surface area (Å²) in [5.74, 6) is -1.72. The second kappa shape index (κ2) is 3.75. The number of hydrogen-bond acceptors (Lipinski definition) is 1. The molecule has 14 heavy (non-hydrogen) atoms. The molecule has 74 valence electrons. The molecule has 0 spiro atoms. The van der Waals surface area contributed by atoms with Gasteiger partial charge in [0.15, 0.2) is 11.6 Å². The first-order chi connectivity index (χ1) is 6.46. The maximum Gasteiger partial charge on any atom is 0.162 e. The Balaban J connectivity index is 3.00. The molecule has 0 atom stereocenters. The molecule has 3 heteroatoms. The van der Waals surface area contributed by atoms with E-state index in [0.29, 0.717) is 0 Å². The van der Waals surface area contributed by atoms with Gasteiger partial charge in [0.25, 0.3) is 0 Å². The third kappa shape index (κ3) is 2.29. The van der Waals surface area contributed by atoms with Crippen molar-refractivity contribution < 1.29 is 8.78 Å². The lowest BCUT2D eigenvalue weighted by atomic mass is 9.87. The summed E-state index contributed by atoms with van der Waals surface area (Å²) in [7, 11) is 0. The van der Waals surface area contributed by atoms with E-state index < -0.39 is 17.0 Å². The fourth-order valence-corrected chi connectivity index (χ4v) is 1.20. The van der Waals surface area contributed by atoms with Gasteiger partial charge in [0, 0.05) is 0 Å². The highest BCUT2D eigenvalue weighted by Gasteiger charge is 2.20. The molecule has 0 fully saturated rings. The van der Waals surface area contributed by atoms with Gasteiger partial charge in [-0.3, -0.25) is 0 Å². The summed E-state index contributed by atoms with van der Waals surface area (Å²) in [5.41, 5.74) is -0.425. The average molecular weight is 195 g/mol. The number of nitrogens with zero attached hydrogens (tertiary/aromatic N) is 1. The molecule has 0 N–H and O–H groups in total. The van der Waals surface area contributed by atoms with Crippen molar-refractivity contribution in [3.63, 3.8) is 0 Å². The van der Waals surface area contributed by atoms with Crippen molar-refractivity contribution in [2.45, 2.75) is 20.3 Å². The zero-order valence-electron chi connectivity index (χ0n) is 8.14. The first kappa shape index (κ1) is 10.6. The van der Waals surface area contributed by atoms with Crippen LogP contribution in [-0.2, 0) is 6.42 Å². The summed E-state index contributed by atoms with van der Waals surface area (Å²) in [6.45, 7) is 3.38. The van der Waals surface area contributed by atoms with Gasteiger partial charge in [-0.25, -0.2) is 8.78 Å². The minimum Gasteiger partial charge on any atom is -0.204 e. The fourth-order valence-electron chi connectivity index (χ4n) is 1.20. The molecule has 0 aromatic heterocycles. The Hall–Kier alpha value is -1.43. The topological polar surface area (TPSA) is 23.8 Å². The molecule has 0 heterocycles. The van der Waals surface area contributed by atoms with Crippen molar-refractivity contribution in [3.05, 3.63) is 35.4 Å². The number of rotatable bonds is 2. The van der Waals surface area contributed by atoms with E-state index in [1.54, 1.807) is 13.8 Å². The van der Waals surface area contributed by atoms with Crippen LogP contribution < -0.4 is 0 Å². The van der Waals surface area contributed by atoms with Gasteiger partial charge in [0.05, 0.1) is 11.5 Å². The maximum absolute atomic E-state index is 13.2. The van der Waals surface area contributed by atoms with E-state index in [-0.39, 0.29) is 12.0 Å². The second-order valence-corrected chi connectivity index (χ2v) is 3.89. The van der Waals surface area contributed by atoms with Gasteiger partial charge >= 0.3 is 0 Å². The maximum atomic E-state index is 13.2. The molecule has 0 saturated heterocycles. The van der Waals surface area contributed by atoms with E-state index in [0.717, 1.165) is 6.07 Å². The van der Waals surface area contributed by atoms with Gasteiger partial charge in [-0.2, -0.15) is 5.26 Å². The molecule has 1 aromatic rings. The molecular weight excluding hydrogens is 184 g/mol. The van der Waals surface area contributed by atoms with Crippen molar-refractivity contribution in [1.82, 2.24) is 0 Å². The minimum absolute atomic E-state index is 0.215. The molecule has 0 radical (unpaired) electrons. The van der Waals surface area contributed by atoms with Gasteiger partial charge in [0.1, 0.15) is 0 Å². The van der Waals surface area contributed by atoms with Crippen LogP contribution in [0.25, 0.3) is 0 Å². The molecular formula is C11H11F2N. The van der Waals surface area contributed by atoms with Crippen LogP contribution in [0.5, 0.6) is 0 Å². The third-order valence-corrected chi connectivity index (χ3v) is 1.97. The summed E-state index contributed by atoms with van der Waals surface area (Å²) in [5, 5.41) is 8.75. The average Bonchev–Trinajstić information content (AvgIpc) is 2.13. The van der Waals surface area contributed by atoms with E-state index in [4.69, 9.17) is 5.26 Å². The van der Waals surface area contributed by atoms with Crippen molar-refractivity contribution >= 4 is 0 Å². The quantitative estimate of drug-likeness (QED) is 0.711. The Bertz CT molecular complexity index is 377. The van der Waals surface area contributed by atoms with Crippen molar-refractivity contribution in [1.29, 1.82) is 5.26 Å². The fraction of sp³-hybridized carbons (Fsp3) is 0.364. The molecule has 0 amide bonds. The molecule has 1 aromatic carbocycles. The second-order valence-electron chi connectivity index (χ2n) is 3.89. The first-order valence-corrected chi connectivity index (χ1v) is 4.30. The Labute approximate surface area is 82.0 Å². The summed E-state index contributed by atoms with van der Waals surface area (Å²) in [6.07, 6.45) is 0.215. The monoisotopic (exact) mass is 195 g/mol. The summed E-state index contributed by atoms with van der Waals surface area (Å²) in [6, 6.07) is 6.06. The molecule has 0 aliphatic rings. The van der Waals surface area contributed by atoms with E-state index >= 15 is 0 Å². The zero-order valence-corrected chi connectivity index (χ0v) is 8.14. The van der Waals surface area contributed by atoms with E-state index in [1.165, 1.54) is 12.1 Å². The molecule has 0 unspecified atom stereocenters. The van der Waals surface area contributed by atoms with Gasteiger partial charge in [-0.15, -0.1) is 0 Å². The lowest BCUT2D eigenvalue weighted by molar-refractivity contribution is 0.453. The molecule has 0 aliphatic carbocycles. The highest BCUT2D eigenvalue weighted by atomic mass is 19.2. The molecule has 1 rings (SSSR count). The Morgan fingerprint density at radius 3 is 2.57 bits per heavy atom. The van der Waals surface area contributed by atoms with Crippen LogP contribution in [-0.4, -0.2) is 0 Å². The standard InChI is InChI=1S/C11H11F2N/c1-11(2,7-14)6-8-4-3-5-9(12)10(8)13/h3-5H,6H2,1-2H3. The van der Waals surface area contributed by atoms with Crippen LogP contribution >= 0.6 is 0 Å². The Kier molecular flexibility index (Phi) is 2.85. The lowest BCUT2D eigenvalue weighted by Gasteiger charge is -2.15. The normalized spacial score (nSPS) is 11.1. The van der Waals surface area contributed by atoms with E-state index in [1.807, 2.05) is 6.07 Å². The SMILES string of the molecule is CC(C)(C#N)Cc1cccc(F)c1F. The van der Waals surface area contributed by atoms with Crippen LogP contribution in [0.15, 0.2) is 18.2 Å². The van der Waals surface area contributed by atoms with Crippen LogP contribution in [0.1, 0.15) is 19.4 Å². The highest BCUT2D eigenvalue weighted by molar-refractivity contribution is 5.21. The van der Waals surface area contributed by atoms with E-state index in [9.17, 15) is 8.78 Å². The van der Waals surface area contributed by atoms with Gasteiger partial charge in [-0.05, 0) is 31.9 Å². The van der Waals surface area contributed by atoms with Crippen LogP contribution in [0.2, 0.25) is 0 Å². The zero-order chi connectivity index (χ0) is 10.8. The van der Waals surface area contributed by atoms with E-state index in [2.05, 4.69) is 0 Å². The van der Waals surface area contributed by atoms with Gasteiger partial charge in [0.2, 0.25) is 0 Å². The highest BCUT2D eigenvalue weighted by Crippen LogP contribution is 2.23. The van der Waals surface area contributed by atoms with Gasteiger partial charge in [-0.1, -0.05) is 12.1 Å². The number of halogens is 2. The van der Waals surface area contributed by atoms with Crippen molar-refractivity contribution in [3.8, 4) is 6.07 Å². The molecule has 1 nitrogen and oxygen atoms in total. The predicted octanol–water partition coefficient (Wildman–Crippen LogP) is 3.06. The van der Waals surface area contributed by atoms with Gasteiger partial charge < -0.3 is 0 Å².